The normalized spacial score (nSPS) is 14.1. The second kappa shape index (κ2) is 12.2. The minimum Gasteiger partial charge on any atom is -0.444 e. The summed E-state index contributed by atoms with van der Waals surface area (Å²) in [6.45, 7) is 15.2. The van der Waals surface area contributed by atoms with Gasteiger partial charge in [0.15, 0.2) is 5.96 Å². The Morgan fingerprint density at radius 2 is 1.81 bits per heavy atom. The number of alkyl carbamates (subject to hydrolysis) is 1. The number of ether oxygens (including phenoxy) is 1. The summed E-state index contributed by atoms with van der Waals surface area (Å²) in [5.74, 6) is 0.713. The second-order valence-electron chi connectivity index (χ2n) is 9.11. The Kier molecular flexibility index (Phi) is 10.6. The number of nitrogens with one attached hydrogen (secondary N) is 3. The van der Waals surface area contributed by atoms with Crippen molar-refractivity contribution in [3.63, 3.8) is 0 Å². The van der Waals surface area contributed by atoms with E-state index in [1.54, 1.807) is 0 Å². The number of aliphatic imine (C=N–C) groups is 1. The van der Waals surface area contributed by atoms with Gasteiger partial charge >= 0.3 is 6.09 Å². The zero-order valence-corrected chi connectivity index (χ0v) is 21.9. The molecule has 1 aliphatic rings. The molecule has 0 spiro atoms. The number of rotatable bonds is 7. The van der Waals surface area contributed by atoms with Gasteiger partial charge in [-0.2, -0.15) is 0 Å². The lowest BCUT2D eigenvalue weighted by Crippen LogP contribution is -2.54. The van der Waals surface area contributed by atoms with E-state index < -0.39 is 17.2 Å². The van der Waals surface area contributed by atoms with Gasteiger partial charge in [-0.1, -0.05) is 24.3 Å². The predicted octanol–water partition coefficient (Wildman–Crippen LogP) is 4.04. The average molecular weight is 543 g/mol. The van der Waals surface area contributed by atoms with Gasteiger partial charge in [-0.3, -0.25) is 0 Å². The molecule has 0 fully saturated rings. The summed E-state index contributed by atoms with van der Waals surface area (Å²) >= 11 is 0. The third-order valence-electron chi connectivity index (χ3n) is 4.40. The minimum atomic E-state index is -0.524. The van der Waals surface area contributed by atoms with Crippen molar-refractivity contribution < 1.29 is 9.53 Å². The number of guanidine groups is 1. The number of nitrogens with zero attached hydrogens (tertiary/aromatic N) is 2. The molecule has 1 aromatic carbocycles. The summed E-state index contributed by atoms with van der Waals surface area (Å²) in [4.78, 5) is 19.1. The van der Waals surface area contributed by atoms with Gasteiger partial charge in [0.2, 0.25) is 0 Å². The number of benzene rings is 1. The first kappa shape index (κ1) is 27.1. The molecule has 174 valence electrons. The van der Waals surface area contributed by atoms with E-state index in [0.717, 1.165) is 25.2 Å². The number of amides is 1. The Morgan fingerprint density at radius 3 is 2.42 bits per heavy atom. The lowest BCUT2D eigenvalue weighted by molar-refractivity contribution is 0.0474. The van der Waals surface area contributed by atoms with Crippen molar-refractivity contribution in [2.24, 2.45) is 4.99 Å². The standard InChI is InChI=1S/C23H37N5O2.HI/c1-7-24-20(26-17-23(5,6)27-21(29)30-22(2,3)4)25-16-18-11-10-12-19(15-18)28-13-8-9-14-28;/h8-12,15H,7,13-14,16-17H2,1-6H3,(H,27,29)(H2,24,25,26);1H. The van der Waals surface area contributed by atoms with Gasteiger partial charge in [0.05, 0.1) is 12.1 Å². The summed E-state index contributed by atoms with van der Waals surface area (Å²) in [6, 6.07) is 8.49. The summed E-state index contributed by atoms with van der Waals surface area (Å²) in [6.07, 6.45) is 3.94. The number of hydrogen-bond donors (Lipinski definition) is 3. The molecule has 0 saturated carbocycles. The van der Waals surface area contributed by atoms with Gasteiger partial charge in [-0.25, -0.2) is 9.79 Å². The van der Waals surface area contributed by atoms with E-state index in [-0.39, 0.29) is 24.0 Å². The maximum Gasteiger partial charge on any atom is 0.408 e. The number of anilines is 1. The van der Waals surface area contributed by atoms with Crippen LogP contribution in [0.25, 0.3) is 0 Å². The van der Waals surface area contributed by atoms with Crippen LogP contribution >= 0.6 is 24.0 Å². The molecule has 0 unspecified atom stereocenters. The number of halogens is 1. The molecule has 0 aromatic heterocycles. The molecule has 0 radical (unpaired) electrons. The Balaban J connectivity index is 0.00000480. The average Bonchev–Trinajstić information content (AvgIpc) is 3.17. The van der Waals surface area contributed by atoms with Crippen LogP contribution in [-0.4, -0.2) is 49.4 Å². The highest BCUT2D eigenvalue weighted by atomic mass is 127. The van der Waals surface area contributed by atoms with Crippen LogP contribution in [0.3, 0.4) is 0 Å². The molecule has 1 amide bonds. The smallest absolute Gasteiger partial charge is 0.408 e. The molecular formula is C23H38IN5O2. The van der Waals surface area contributed by atoms with Crippen LogP contribution in [0.4, 0.5) is 10.5 Å². The van der Waals surface area contributed by atoms with Crippen LogP contribution in [0.1, 0.15) is 47.1 Å². The summed E-state index contributed by atoms with van der Waals surface area (Å²) in [7, 11) is 0. The molecule has 7 nitrogen and oxygen atoms in total. The number of carbonyl (C=O) groups excluding carboxylic acids is 1. The number of carbonyl (C=O) groups is 1. The SMILES string of the molecule is CCNC(=NCc1cccc(N2CC=CC2)c1)NCC(C)(C)NC(=O)OC(C)(C)C.I. The molecule has 0 saturated heterocycles. The van der Waals surface area contributed by atoms with E-state index in [1.807, 2.05) is 41.5 Å². The van der Waals surface area contributed by atoms with Crippen molar-refractivity contribution >= 4 is 41.7 Å². The van der Waals surface area contributed by atoms with Gasteiger partial charge in [0.25, 0.3) is 0 Å². The van der Waals surface area contributed by atoms with E-state index in [9.17, 15) is 4.79 Å². The fourth-order valence-corrected chi connectivity index (χ4v) is 2.98. The Morgan fingerprint density at radius 1 is 1.13 bits per heavy atom. The van der Waals surface area contributed by atoms with Crippen LogP contribution < -0.4 is 20.9 Å². The molecular weight excluding hydrogens is 505 g/mol. The molecule has 3 N–H and O–H groups in total. The zero-order chi connectivity index (χ0) is 22.2. The second-order valence-corrected chi connectivity index (χ2v) is 9.11. The van der Waals surface area contributed by atoms with Gasteiger partial charge in [-0.15, -0.1) is 24.0 Å². The van der Waals surface area contributed by atoms with Crippen molar-refractivity contribution in [3.05, 3.63) is 42.0 Å². The lowest BCUT2D eigenvalue weighted by Gasteiger charge is -2.29. The molecule has 2 rings (SSSR count). The van der Waals surface area contributed by atoms with Crippen LogP contribution in [0.15, 0.2) is 41.4 Å². The van der Waals surface area contributed by atoms with Gasteiger partial charge in [0, 0.05) is 31.9 Å². The predicted molar refractivity (Wildman–Crippen MR) is 139 cm³/mol. The van der Waals surface area contributed by atoms with Crippen molar-refractivity contribution in [1.29, 1.82) is 0 Å². The van der Waals surface area contributed by atoms with E-state index in [2.05, 4.69) is 57.3 Å². The van der Waals surface area contributed by atoms with Crippen molar-refractivity contribution in [2.45, 2.75) is 59.2 Å². The molecule has 1 aliphatic heterocycles. The van der Waals surface area contributed by atoms with Crippen molar-refractivity contribution in [1.82, 2.24) is 16.0 Å². The van der Waals surface area contributed by atoms with Crippen LogP contribution in [-0.2, 0) is 11.3 Å². The maximum absolute atomic E-state index is 12.1. The Labute approximate surface area is 204 Å². The quantitative estimate of drug-likeness (QED) is 0.210. The topological polar surface area (TPSA) is 78.0 Å². The first-order valence-corrected chi connectivity index (χ1v) is 10.6. The molecule has 1 heterocycles. The van der Waals surface area contributed by atoms with Gasteiger partial charge < -0.3 is 25.6 Å². The number of hydrogen-bond acceptors (Lipinski definition) is 4. The molecule has 8 heteroatoms. The molecule has 0 bridgehead atoms. The van der Waals surface area contributed by atoms with Crippen LogP contribution in [0, 0.1) is 0 Å². The molecule has 0 aliphatic carbocycles. The van der Waals surface area contributed by atoms with Crippen molar-refractivity contribution in [2.75, 3.05) is 31.1 Å². The van der Waals surface area contributed by atoms with E-state index >= 15 is 0 Å². The third-order valence-corrected chi connectivity index (χ3v) is 4.40. The monoisotopic (exact) mass is 543 g/mol. The summed E-state index contributed by atoms with van der Waals surface area (Å²) in [5, 5.41) is 9.48. The largest absolute Gasteiger partial charge is 0.444 e. The fraction of sp³-hybridized carbons (Fsp3) is 0.565. The van der Waals surface area contributed by atoms with Gasteiger partial charge in [0.1, 0.15) is 5.60 Å². The maximum atomic E-state index is 12.1. The van der Waals surface area contributed by atoms with E-state index in [0.29, 0.717) is 19.0 Å². The molecule has 1 aromatic rings. The third kappa shape index (κ3) is 10.3. The van der Waals surface area contributed by atoms with Gasteiger partial charge in [-0.05, 0) is 59.2 Å². The van der Waals surface area contributed by atoms with E-state index in [1.165, 1.54) is 5.69 Å². The highest BCUT2D eigenvalue weighted by molar-refractivity contribution is 14.0. The first-order chi connectivity index (χ1) is 14.1. The highest BCUT2D eigenvalue weighted by Crippen LogP contribution is 2.19. The molecule has 31 heavy (non-hydrogen) atoms. The Bertz CT molecular complexity index is 763. The minimum absolute atomic E-state index is 0. The van der Waals surface area contributed by atoms with E-state index in [4.69, 9.17) is 9.73 Å². The highest BCUT2D eigenvalue weighted by Gasteiger charge is 2.24. The summed E-state index contributed by atoms with van der Waals surface area (Å²) in [5.41, 5.74) is 1.35. The Hall–Kier alpha value is -1.97. The van der Waals surface area contributed by atoms with Crippen LogP contribution in [0.5, 0.6) is 0 Å². The molecule has 0 atom stereocenters. The fourth-order valence-electron chi connectivity index (χ4n) is 2.98. The zero-order valence-electron chi connectivity index (χ0n) is 19.6. The van der Waals surface area contributed by atoms with Crippen LogP contribution in [0.2, 0.25) is 0 Å². The first-order valence-electron chi connectivity index (χ1n) is 10.6. The lowest BCUT2D eigenvalue weighted by atomic mass is 10.1. The van der Waals surface area contributed by atoms with Crippen molar-refractivity contribution in [3.8, 4) is 0 Å². The summed E-state index contributed by atoms with van der Waals surface area (Å²) < 4.78 is 5.35.